The van der Waals surface area contributed by atoms with Crippen LogP contribution in [0, 0.1) is 0 Å². The fourth-order valence-corrected chi connectivity index (χ4v) is 5.89. The standard InChI is InChI=1S/C27H38/c1-8-17-15-18-16-25-22(12-5)20(10-3)21(11-4)24(14-7)27(25)26(18)23(13-6)19(17)9-2/h15H,8-14,16H2,1-7H3. The van der Waals surface area contributed by atoms with E-state index in [1.54, 1.807) is 61.2 Å². The van der Waals surface area contributed by atoms with E-state index in [-0.39, 0.29) is 0 Å². The molecule has 0 aliphatic heterocycles. The van der Waals surface area contributed by atoms with E-state index in [9.17, 15) is 0 Å². The zero-order valence-corrected chi connectivity index (χ0v) is 18.7. The van der Waals surface area contributed by atoms with Gasteiger partial charge in [0.25, 0.3) is 0 Å². The topological polar surface area (TPSA) is 0 Å². The third-order valence-corrected chi connectivity index (χ3v) is 6.90. The van der Waals surface area contributed by atoms with E-state index in [0.717, 1.165) is 38.5 Å². The second kappa shape index (κ2) is 8.21. The highest BCUT2D eigenvalue weighted by Gasteiger charge is 2.30. The third kappa shape index (κ3) is 2.96. The quantitative estimate of drug-likeness (QED) is 0.417. The number of aryl methyl sites for hydroxylation is 1. The van der Waals surface area contributed by atoms with Gasteiger partial charge in [-0.15, -0.1) is 0 Å². The predicted octanol–water partition coefficient (Wildman–Crippen LogP) is 7.19. The van der Waals surface area contributed by atoms with Gasteiger partial charge >= 0.3 is 0 Å². The average molecular weight is 363 g/mol. The summed E-state index contributed by atoms with van der Waals surface area (Å²) < 4.78 is 0. The summed E-state index contributed by atoms with van der Waals surface area (Å²) >= 11 is 0. The summed E-state index contributed by atoms with van der Waals surface area (Å²) in [5, 5.41) is 0. The van der Waals surface area contributed by atoms with Gasteiger partial charge in [-0.25, -0.2) is 0 Å². The Morgan fingerprint density at radius 3 is 1.48 bits per heavy atom. The van der Waals surface area contributed by atoms with Crippen LogP contribution in [0.15, 0.2) is 6.07 Å². The molecule has 0 saturated heterocycles. The molecule has 0 heterocycles. The van der Waals surface area contributed by atoms with Crippen molar-refractivity contribution in [3.8, 4) is 11.1 Å². The number of fused-ring (bicyclic) bond motifs is 3. The van der Waals surface area contributed by atoms with Gasteiger partial charge in [-0.1, -0.05) is 54.5 Å². The fourth-order valence-electron chi connectivity index (χ4n) is 5.89. The molecule has 3 rings (SSSR count). The van der Waals surface area contributed by atoms with Gasteiger partial charge in [-0.05, 0) is 113 Å². The van der Waals surface area contributed by atoms with E-state index < -0.39 is 0 Å². The van der Waals surface area contributed by atoms with Crippen molar-refractivity contribution in [2.45, 2.75) is 99.8 Å². The summed E-state index contributed by atoms with van der Waals surface area (Å²) in [7, 11) is 0. The molecule has 0 unspecified atom stereocenters. The fraction of sp³-hybridized carbons (Fsp3) is 0.556. The minimum Gasteiger partial charge on any atom is -0.0613 e. The molecule has 0 fully saturated rings. The van der Waals surface area contributed by atoms with Crippen LogP contribution in [-0.4, -0.2) is 0 Å². The SMILES string of the molecule is CCc1cc2c(c(CC)c1CC)-c1c(CC)c(CC)c(CC)c(CC)c1C2. The largest absolute Gasteiger partial charge is 0.0613 e. The summed E-state index contributed by atoms with van der Waals surface area (Å²) in [5.41, 5.74) is 18.0. The minimum atomic E-state index is 1.15. The van der Waals surface area contributed by atoms with Crippen molar-refractivity contribution in [3.63, 3.8) is 0 Å². The van der Waals surface area contributed by atoms with Crippen molar-refractivity contribution in [1.29, 1.82) is 0 Å². The molecule has 0 bridgehead atoms. The predicted molar refractivity (Wildman–Crippen MR) is 120 cm³/mol. The molecule has 0 spiro atoms. The normalized spacial score (nSPS) is 12.4. The van der Waals surface area contributed by atoms with E-state index in [4.69, 9.17) is 0 Å². The Morgan fingerprint density at radius 2 is 1.00 bits per heavy atom. The number of hydrogen-bond donors (Lipinski definition) is 0. The number of rotatable bonds is 7. The molecule has 0 atom stereocenters. The van der Waals surface area contributed by atoms with E-state index in [2.05, 4.69) is 54.5 Å². The Balaban J connectivity index is 2.46. The van der Waals surface area contributed by atoms with Crippen LogP contribution in [0.3, 0.4) is 0 Å². The highest BCUT2D eigenvalue weighted by atomic mass is 14.3. The van der Waals surface area contributed by atoms with Crippen molar-refractivity contribution in [2.24, 2.45) is 0 Å². The van der Waals surface area contributed by atoms with Crippen LogP contribution in [0.25, 0.3) is 11.1 Å². The number of hydrogen-bond acceptors (Lipinski definition) is 0. The maximum absolute atomic E-state index is 2.56. The molecule has 27 heavy (non-hydrogen) atoms. The third-order valence-electron chi connectivity index (χ3n) is 6.90. The molecule has 2 aromatic carbocycles. The molecule has 0 radical (unpaired) electrons. The first kappa shape index (κ1) is 20.2. The second-order valence-corrected chi connectivity index (χ2v) is 7.95. The van der Waals surface area contributed by atoms with Gasteiger partial charge in [0.1, 0.15) is 0 Å². The van der Waals surface area contributed by atoms with E-state index in [1.165, 1.54) is 12.8 Å². The van der Waals surface area contributed by atoms with E-state index in [0.29, 0.717) is 0 Å². The molecule has 0 N–H and O–H groups in total. The molecule has 0 heteroatoms. The van der Waals surface area contributed by atoms with Gasteiger partial charge in [0.05, 0.1) is 0 Å². The van der Waals surface area contributed by atoms with Crippen LogP contribution in [0.2, 0.25) is 0 Å². The van der Waals surface area contributed by atoms with Crippen molar-refractivity contribution in [2.75, 3.05) is 0 Å². The first-order chi connectivity index (χ1) is 13.1. The van der Waals surface area contributed by atoms with Crippen molar-refractivity contribution < 1.29 is 0 Å². The van der Waals surface area contributed by atoms with Crippen LogP contribution < -0.4 is 0 Å². The minimum absolute atomic E-state index is 1.15. The molecule has 0 saturated carbocycles. The lowest BCUT2D eigenvalue weighted by Crippen LogP contribution is -2.08. The van der Waals surface area contributed by atoms with Crippen LogP contribution in [0.1, 0.15) is 98.5 Å². The number of benzene rings is 2. The molecule has 0 aromatic heterocycles. The van der Waals surface area contributed by atoms with Crippen molar-refractivity contribution >= 4 is 0 Å². The molecular weight excluding hydrogens is 324 g/mol. The summed E-state index contributed by atoms with van der Waals surface area (Å²) in [6, 6.07) is 2.56. The Kier molecular flexibility index (Phi) is 6.14. The molecule has 1 aliphatic rings. The van der Waals surface area contributed by atoms with Crippen LogP contribution in [0.5, 0.6) is 0 Å². The monoisotopic (exact) mass is 362 g/mol. The summed E-state index contributed by atoms with van der Waals surface area (Å²) in [4.78, 5) is 0. The lowest BCUT2D eigenvalue weighted by Gasteiger charge is -2.24. The zero-order valence-electron chi connectivity index (χ0n) is 18.7. The van der Waals surface area contributed by atoms with E-state index in [1.807, 2.05) is 0 Å². The van der Waals surface area contributed by atoms with Crippen LogP contribution in [-0.2, 0) is 51.4 Å². The summed E-state index contributed by atoms with van der Waals surface area (Å²) in [5.74, 6) is 0. The summed E-state index contributed by atoms with van der Waals surface area (Å²) in [6.07, 6.45) is 9.27. The van der Waals surface area contributed by atoms with Gasteiger partial charge in [0.2, 0.25) is 0 Å². The smallest absolute Gasteiger partial charge is 0.00103 e. The molecule has 146 valence electrons. The Bertz CT molecular complexity index is 852. The molecule has 0 amide bonds. The Labute approximate surface area is 167 Å². The highest BCUT2D eigenvalue weighted by Crippen LogP contribution is 2.48. The molecule has 1 aliphatic carbocycles. The Hall–Kier alpha value is -1.56. The maximum atomic E-state index is 2.56. The molecule has 2 aromatic rings. The van der Waals surface area contributed by atoms with Gasteiger partial charge in [-0.2, -0.15) is 0 Å². The lowest BCUT2D eigenvalue weighted by atomic mass is 9.81. The van der Waals surface area contributed by atoms with Gasteiger partial charge < -0.3 is 0 Å². The van der Waals surface area contributed by atoms with Gasteiger partial charge in [0.15, 0.2) is 0 Å². The van der Waals surface area contributed by atoms with Crippen molar-refractivity contribution in [1.82, 2.24) is 0 Å². The maximum Gasteiger partial charge on any atom is -0.00103 e. The molecular formula is C27H38. The first-order valence-electron chi connectivity index (χ1n) is 11.5. The van der Waals surface area contributed by atoms with Gasteiger partial charge in [-0.3, -0.25) is 0 Å². The average Bonchev–Trinajstić information content (AvgIpc) is 3.08. The lowest BCUT2D eigenvalue weighted by molar-refractivity contribution is 0.932. The van der Waals surface area contributed by atoms with Crippen LogP contribution >= 0.6 is 0 Å². The zero-order chi connectivity index (χ0) is 19.7. The highest BCUT2D eigenvalue weighted by molar-refractivity contribution is 5.86. The van der Waals surface area contributed by atoms with Crippen molar-refractivity contribution in [3.05, 3.63) is 56.1 Å². The molecule has 0 nitrogen and oxygen atoms in total. The summed E-state index contributed by atoms with van der Waals surface area (Å²) in [6.45, 7) is 16.5. The first-order valence-corrected chi connectivity index (χ1v) is 11.5. The second-order valence-electron chi connectivity index (χ2n) is 7.95. The van der Waals surface area contributed by atoms with Crippen LogP contribution in [0.4, 0.5) is 0 Å². The van der Waals surface area contributed by atoms with Gasteiger partial charge in [0, 0.05) is 0 Å². The van der Waals surface area contributed by atoms with E-state index >= 15 is 0 Å². The Morgan fingerprint density at radius 1 is 0.519 bits per heavy atom.